The first-order chi connectivity index (χ1) is 13.7. The molecule has 2 amide bonds. The Balaban J connectivity index is 2.62. The Morgan fingerprint density at radius 2 is 1.14 bits per heavy atom. The van der Waals surface area contributed by atoms with Crippen molar-refractivity contribution in [2.45, 2.75) is 0 Å². The van der Waals surface area contributed by atoms with Crippen molar-refractivity contribution in [3.8, 4) is 23.5 Å². The minimum absolute atomic E-state index is 0.152. The zero-order valence-electron chi connectivity index (χ0n) is 15.4. The fraction of sp³-hybridized carbons (Fsp3) is 0.0526. The van der Waals surface area contributed by atoms with Gasteiger partial charge in [0.25, 0.3) is 11.8 Å². The second-order valence-electron chi connectivity index (χ2n) is 5.61. The molecule has 0 spiro atoms. The van der Waals surface area contributed by atoms with E-state index in [4.69, 9.17) is 0 Å². The average Bonchev–Trinajstić information content (AvgIpc) is 3.15. The van der Waals surface area contributed by atoms with E-state index in [0.717, 1.165) is 55.6 Å². The van der Waals surface area contributed by atoms with Gasteiger partial charge in [-0.25, -0.2) is 0 Å². The largest absolute Gasteiger partial charge is 0.494 e. The zero-order valence-corrected chi connectivity index (χ0v) is 15.4. The Morgan fingerprint density at radius 1 is 0.793 bits per heavy atom. The molecule has 0 aliphatic rings. The third-order valence-electron chi connectivity index (χ3n) is 4.05. The second-order valence-corrected chi connectivity index (χ2v) is 5.61. The number of hydrogen-bond acceptors (Lipinski definition) is 6. The summed E-state index contributed by atoms with van der Waals surface area (Å²) in [5, 5.41) is 40.5. The lowest BCUT2D eigenvalue weighted by Crippen LogP contribution is -2.43. The summed E-state index contributed by atoms with van der Waals surface area (Å²) in [6.07, 6.45) is 4.10. The summed E-state index contributed by atoms with van der Waals surface area (Å²) in [7, 11) is 0. The van der Waals surface area contributed by atoms with Crippen LogP contribution in [-0.2, 0) is 9.59 Å². The normalized spacial score (nSPS) is 10.2. The third-order valence-corrected chi connectivity index (χ3v) is 4.05. The van der Waals surface area contributed by atoms with E-state index in [1.807, 2.05) is 0 Å². The Hall–Kier alpha value is -4.34. The van der Waals surface area contributed by atoms with E-state index in [1.54, 1.807) is 0 Å². The summed E-state index contributed by atoms with van der Waals surface area (Å²) in [6.45, 7) is 13.1. The second kappa shape index (κ2) is 8.13. The van der Waals surface area contributed by atoms with Crippen molar-refractivity contribution in [2.75, 3.05) is 16.5 Å². The van der Waals surface area contributed by atoms with Crippen LogP contribution in [0, 0.1) is 0 Å². The molecule has 0 saturated carbocycles. The van der Waals surface area contributed by atoms with E-state index < -0.39 is 42.0 Å². The molecule has 0 unspecified atom stereocenters. The van der Waals surface area contributed by atoms with E-state index in [1.165, 1.54) is 0 Å². The van der Waals surface area contributed by atoms with Crippen molar-refractivity contribution in [3.05, 3.63) is 50.6 Å². The molecule has 0 aromatic carbocycles. The molecule has 0 bridgehead atoms. The predicted molar refractivity (Wildman–Crippen MR) is 109 cm³/mol. The van der Waals surface area contributed by atoms with Crippen LogP contribution in [0.15, 0.2) is 50.6 Å². The van der Waals surface area contributed by atoms with Crippen molar-refractivity contribution in [2.24, 2.45) is 0 Å². The molecule has 0 atom stereocenters. The van der Waals surface area contributed by atoms with Crippen LogP contribution in [0.2, 0.25) is 0 Å². The summed E-state index contributed by atoms with van der Waals surface area (Å²) >= 11 is 0. The molecule has 0 saturated heterocycles. The average molecular weight is 400 g/mol. The van der Waals surface area contributed by atoms with Crippen molar-refractivity contribution < 1.29 is 30.0 Å². The zero-order chi connectivity index (χ0) is 21.9. The quantitative estimate of drug-likeness (QED) is 0.396. The van der Waals surface area contributed by atoms with E-state index in [-0.39, 0.29) is 11.4 Å². The monoisotopic (exact) mass is 400 g/mol. The Labute approximate surface area is 166 Å². The topological polar surface area (TPSA) is 131 Å². The SMILES string of the molecule is C=CC(=O)N(CN(C(=O)C=C)c1cc(O)n(C=C)c1O)c1cc(O)n(C=C)c1O. The van der Waals surface area contributed by atoms with Crippen molar-refractivity contribution in [1.29, 1.82) is 0 Å². The van der Waals surface area contributed by atoms with Gasteiger partial charge in [-0.3, -0.25) is 28.5 Å². The molecule has 2 aromatic rings. The third kappa shape index (κ3) is 3.58. The van der Waals surface area contributed by atoms with E-state index >= 15 is 0 Å². The highest BCUT2D eigenvalue weighted by Gasteiger charge is 2.29. The van der Waals surface area contributed by atoms with Gasteiger partial charge < -0.3 is 20.4 Å². The molecule has 0 radical (unpaired) electrons. The molecule has 10 heteroatoms. The molecule has 152 valence electrons. The van der Waals surface area contributed by atoms with Gasteiger partial charge in [-0.2, -0.15) is 0 Å². The molecule has 2 aromatic heterocycles. The lowest BCUT2D eigenvalue weighted by Gasteiger charge is -2.28. The number of amides is 2. The number of hydrogen-bond donors (Lipinski definition) is 4. The van der Waals surface area contributed by atoms with Gasteiger partial charge >= 0.3 is 0 Å². The molecule has 0 fully saturated rings. The van der Waals surface area contributed by atoms with Gasteiger partial charge in [0, 0.05) is 24.5 Å². The summed E-state index contributed by atoms with van der Waals surface area (Å²) in [6, 6.07) is 2.17. The highest BCUT2D eigenvalue weighted by molar-refractivity contribution is 6.06. The van der Waals surface area contributed by atoms with E-state index in [2.05, 4.69) is 26.3 Å². The molecule has 2 heterocycles. The van der Waals surface area contributed by atoms with Gasteiger partial charge in [0.1, 0.15) is 18.0 Å². The number of aromatic hydroxyl groups is 4. The maximum absolute atomic E-state index is 12.4. The van der Waals surface area contributed by atoms with Crippen LogP contribution in [0.4, 0.5) is 11.4 Å². The summed E-state index contributed by atoms with van der Waals surface area (Å²) in [4.78, 5) is 26.7. The summed E-state index contributed by atoms with van der Waals surface area (Å²) in [5.41, 5.74) is -0.304. The van der Waals surface area contributed by atoms with Gasteiger partial charge in [0.15, 0.2) is 11.8 Å². The Morgan fingerprint density at radius 3 is 1.38 bits per heavy atom. The number of rotatable bonds is 8. The Bertz CT molecular complexity index is 936. The standard InChI is InChI=1S/C19H20N4O6/c1-5-14(24)22(12-9-16(26)20(7-3)18(12)28)11-23(15(25)6-2)13-10-17(27)21(8-4)19(13)29/h5-10,26-29H,1-4,11H2. The van der Waals surface area contributed by atoms with Crippen molar-refractivity contribution in [3.63, 3.8) is 0 Å². The van der Waals surface area contributed by atoms with Gasteiger partial charge in [0.2, 0.25) is 11.8 Å². The number of nitrogens with zero attached hydrogens (tertiary/aromatic N) is 4. The Kier molecular flexibility index (Phi) is 5.88. The molecular weight excluding hydrogens is 380 g/mol. The number of carbonyl (C=O) groups is 2. The maximum atomic E-state index is 12.4. The van der Waals surface area contributed by atoms with Crippen LogP contribution in [0.5, 0.6) is 23.5 Å². The van der Waals surface area contributed by atoms with Gasteiger partial charge in [-0.05, 0) is 12.2 Å². The van der Waals surface area contributed by atoms with Crippen molar-refractivity contribution >= 4 is 35.6 Å². The number of carbonyl (C=O) groups excluding carboxylic acids is 2. The van der Waals surface area contributed by atoms with Crippen LogP contribution in [-0.4, -0.2) is 48.0 Å². The summed E-state index contributed by atoms with van der Waals surface area (Å²) < 4.78 is 1.83. The van der Waals surface area contributed by atoms with E-state index in [0.29, 0.717) is 0 Å². The van der Waals surface area contributed by atoms with Crippen LogP contribution < -0.4 is 9.80 Å². The lowest BCUT2D eigenvalue weighted by atomic mass is 10.3. The smallest absolute Gasteiger partial charge is 0.252 e. The van der Waals surface area contributed by atoms with Crippen LogP contribution >= 0.6 is 0 Å². The minimum Gasteiger partial charge on any atom is -0.494 e. The molecule has 10 nitrogen and oxygen atoms in total. The van der Waals surface area contributed by atoms with Gasteiger partial charge in [-0.1, -0.05) is 26.3 Å². The van der Waals surface area contributed by atoms with Gasteiger partial charge in [0.05, 0.1) is 0 Å². The van der Waals surface area contributed by atoms with Crippen LogP contribution in [0.25, 0.3) is 12.4 Å². The number of anilines is 2. The lowest BCUT2D eigenvalue weighted by molar-refractivity contribution is -0.115. The van der Waals surface area contributed by atoms with Crippen LogP contribution in [0.3, 0.4) is 0 Å². The molecular formula is C19H20N4O6. The minimum atomic E-state index is -0.727. The first-order valence-electron chi connectivity index (χ1n) is 8.11. The highest BCUT2D eigenvalue weighted by Crippen LogP contribution is 2.39. The van der Waals surface area contributed by atoms with Gasteiger partial charge in [-0.15, -0.1) is 0 Å². The summed E-state index contributed by atoms with van der Waals surface area (Å²) in [5.74, 6) is -3.31. The van der Waals surface area contributed by atoms with E-state index in [9.17, 15) is 30.0 Å². The molecule has 0 aliphatic carbocycles. The highest BCUT2D eigenvalue weighted by atomic mass is 16.3. The molecule has 0 aliphatic heterocycles. The molecule has 4 N–H and O–H groups in total. The molecule has 2 rings (SSSR count). The van der Waals surface area contributed by atoms with Crippen molar-refractivity contribution in [1.82, 2.24) is 9.13 Å². The first kappa shape index (κ1) is 21.0. The predicted octanol–water partition coefficient (Wildman–Crippen LogP) is 2.01. The fourth-order valence-electron chi connectivity index (χ4n) is 2.62. The molecule has 29 heavy (non-hydrogen) atoms. The first-order valence-corrected chi connectivity index (χ1v) is 8.11. The number of aromatic nitrogens is 2. The fourth-order valence-corrected chi connectivity index (χ4v) is 2.62. The van der Waals surface area contributed by atoms with Crippen LogP contribution in [0.1, 0.15) is 0 Å². The maximum Gasteiger partial charge on any atom is 0.252 e.